The summed E-state index contributed by atoms with van der Waals surface area (Å²) < 4.78 is 0. The van der Waals surface area contributed by atoms with E-state index in [0.717, 1.165) is 12.8 Å². The molecule has 0 saturated heterocycles. The summed E-state index contributed by atoms with van der Waals surface area (Å²) >= 11 is 0.382. The van der Waals surface area contributed by atoms with Gasteiger partial charge in [-0.15, -0.1) is 0 Å². The van der Waals surface area contributed by atoms with E-state index >= 15 is 0 Å². The quantitative estimate of drug-likeness (QED) is 0.728. The van der Waals surface area contributed by atoms with Gasteiger partial charge in [-0.3, -0.25) is 0 Å². The Balaban J connectivity index is -0.000000120. The van der Waals surface area contributed by atoms with E-state index in [4.69, 9.17) is 43.2 Å². The van der Waals surface area contributed by atoms with Crippen LogP contribution < -0.4 is 0 Å². The number of halogens is 2. The molecule has 0 radical (unpaired) electrons. The van der Waals surface area contributed by atoms with Gasteiger partial charge in [0.2, 0.25) is 0 Å². The van der Waals surface area contributed by atoms with Gasteiger partial charge in [0.1, 0.15) is 0 Å². The molecule has 0 aliphatic heterocycles. The smallest absolute Gasteiger partial charge is 0.0916 e. The van der Waals surface area contributed by atoms with Crippen molar-refractivity contribution in [1.29, 1.82) is 0 Å². The molecular weight excluding hydrogens is 258 g/mol. The summed E-state index contributed by atoms with van der Waals surface area (Å²) in [6.07, 6.45) is 1.44. The summed E-state index contributed by atoms with van der Waals surface area (Å²) in [7, 11) is 9.47. The van der Waals surface area contributed by atoms with Crippen LogP contribution in [0.1, 0.15) is 12.8 Å². The molecule has 4 nitrogen and oxygen atoms in total. The van der Waals surface area contributed by atoms with Gasteiger partial charge in [-0.2, -0.15) is 26.2 Å². The fourth-order valence-corrected chi connectivity index (χ4v) is 0.177. The monoisotopic (exact) mass is 273 g/mol. The molecule has 0 aliphatic carbocycles. The van der Waals surface area contributed by atoms with Crippen LogP contribution in [0.25, 0.3) is 22.9 Å². The minimum absolute atomic E-state index is 0.382. The minimum Gasteiger partial charge on any atom is -0.677 e. The Labute approximate surface area is 95.1 Å². The van der Waals surface area contributed by atoms with Crippen molar-refractivity contribution in [3.63, 3.8) is 0 Å². The Morgan fingerprint density at radius 3 is 0.846 bits per heavy atom. The van der Waals surface area contributed by atoms with E-state index < -0.39 is 0 Å². The predicted octanol–water partition coefficient (Wildman–Crippen LogP) is 4.34. The van der Waals surface area contributed by atoms with Gasteiger partial charge in [0.25, 0.3) is 0 Å². The molecule has 0 spiro atoms. The zero-order valence-corrected chi connectivity index (χ0v) is 9.88. The number of hydrogen-bond acceptors (Lipinski definition) is 0. The maximum absolute atomic E-state index is 6.48. The standard InChI is InChI=1S/2C3H8N2.2ClH.Co/c2*4-2-1-3-5;;;/h2*4-5H,1-3H2;2*1H;/q2*-2;;;+2/p-2. The van der Waals surface area contributed by atoms with Crippen LogP contribution in [-0.4, -0.2) is 26.2 Å². The van der Waals surface area contributed by atoms with Crippen LogP contribution >= 0.6 is 20.3 Å². The van der Waals surface area contributed by atoms with Gasteiger partial charge in [0.15, 0.2) is 0 Å². The molecule has 0 unspecified atom stereocenters. The SMILES string of the molecule is [Cl][Co][Cl].[NH-]CCC[NH-].[NH-]CCC[NH-]. The van der Waals surface area contributed by atoms with Crippen LogP contribution in [0.3, 0.4) is 0 Å². The molecule has 4 N–H and O–H groups in total. The van der Waals surface area contributed by atoms with Crippen LogP contribution in [0, 0.1) is 0 Å². The second-order valence-electron chi connectivity index (χ2n) is 1.75. The Bertz CT molecular complexity index is 51.9. The molecule has 87 valence electrons. The van der Waals surface area contributed by atoms with Gasteiger partial charge < -0.3 is 22.9 Å². The molecule has 0 atom stereocenters. The summed E-state index contributed by atoms with van der Waals surface area (Å²) in [5.41, 5.74) is 25.9. The molecule has 7 heteroatoms. The van der Waals surface area contributed by atoms with Gasteiger partial charge in [0.05, 0.1) is 0 Å². The van der Waals surface area contributed by atoms with Gasteiger partial charge in [-0.1, -0.05) is 12.8 Å². The first-order valence-electron chi connectivity index (χ1n) is 3.67. The predicted molar refractivity (Wildman–Crippen MR) is 57.7 cm³/mol. The first-order chi connectivity index (χ1) is 6.24. The molecule has 0 aromatic heterocycles. The molecule has 0 saturated carbocycles. The molecule has 0 heterocycles. The van der Waals surface area contributed by atoms with Crippen LogP contribution in [-0.2, 0) is 12.9 Å². The van der Waals surface area contributed by atoms with Crippen molar-refractivity contribution in [3.8, 4) is 0 Å². The average molecular weight is 274 g/mol. The van der Waals surface area contributed by atoms with E-state index in [9.17, 15) is 0 Å². The maximum Gasteiger partial charge on any atom is -0.0916 e. The molecular formula is C6H16Cl2CoN4-4. The maximum atomic E-state index is 6.48. The molecule has 0 aromatic rings. The number of rotatable bonds is 4. The molecule has 13 heavy (non-hydrogen) atoms. The third-order valence-corrected chi connectivity index (χ3v) is 0.707. The molecule has 0 amide bonds. The molecule has 0 bridgehead atoms. The largest absolute Gasteiger partial charge is 0.677 e. The summed E-state index contributed by atoms with van der Waals surface area (Å²) in [5, 5.41) is 0. The van der Waals surface area contributed by atoms with Crippen molar-refractivity contribution in [3.05, 3.63) is 22.9 Å². The topological polar surface area (TPSA) is 95.2 Å². The van der Waals surface area contributed by atoms with E-state index in [1.54, 1.807) is 0 Å². The Kier molecular flexibility index (Phi) is 43.9. The van der Waals surface area contributed by atoms with Crippen LogP contribution in [0.4, 0.5) is 0 Å². The third-order valence-electron chi connectivity index (χ3n) is 0.707. The van der Waals surface area contributed by atoms with Gasteiger partial charge in [0, 0.05) is 0 Å². The molecule has 0 aromatic carbocycles. The van der Waals surface area contributed by atoms with Gasteiger partial charge in [-0.05, 0) is 0 Å². The Morgan fingerprint density at radius 2 is 0.846 bits per heavy atom. The van der Waals surface area contributed by atoms with Gasteiger partial charge in [-0.25, -0.2) is 0 Å². The van der Waals surface area contributed by atoms with E-state index in [1.807, 2.05) is 0 Å². The minimum atomic E-state index is 0.382. The summed E-state index contributed by atoms with van der Waals surface area (Å²) in [5.74, 6) is 0. The molecule has 0 rings (SSSR count). The average Bonchev–Trinajstić information content (AvgIpc) is 2.09. The van der Waals surface area contributed by atoms with Gasteiger partial charge >= 0.3 is 33.2 Å². The fraction of sp³-hybridized carbons (Fsp3) is 1.00. The Hall–Kier alpha value is 0.926. The van der Waals surface area contributed by atoms with Crippen LogP contribution in [0.5, 0.6) is 0 Å². The van der Waals surface area contributed by atoms with Crippen molar-refractivity contribution in [2.45, 2.75) is 12.8 Å². The van der Waals surface area contributed by atoms with Crippen molar-refractivity contribution in [1.82, 2.24) is 0 Å². The number of hydrogen-bond donors (Lipinski definition) is 0. The van der Waals surface area contributed by atoms with Crippen LogP contribution in [0.15, 0.2) is 0 Å². The molecule has 0 aliphatic rings. The van der Waals surface area contributed by atoms with E-state index in [2.05, 4.69) is 0 Å². The second kappa shape index (κ2) is 29.3. The zero-order chi connectivity index (χ0) is 10.9. The van der Waals surface area contributed by atoms with E-state index in [1.165, 1.54) is 0 Å². The first-order valence-corrected chi connectivity index (χ1v) is 6.53. The van der Waals surface area contributed by atoms with Crippen molar-refractivity contribution >= 4 is 20.3 Å². The van der Waals surface area contributed by atoms with Crippen LogP contribution in [0.2, 0.25) is 0 Å². The summed E-state index contributed by atoms with van der Waals surface area (Å²) in [6, 6.07) is 0. The van der Waals surface area contributed by atoms with Crippen molar-refractivity contribution < 1.29 is 12.9 Å². The summed E-state index contributed by atoms with van der Waals surface area (Å²) in [4.78, 5) is 0. The first kappa shape index (κ1) is 19.5. The third kappa shape index (κ3) is 63.6. The second-order valence-corrected chi connectivity index (χ2v) is 3.47. The van der Waals surface area contributed by atoms with E-state index in [0.29, 0.717) is 39.1 Å². The van der Waals surface area contributed by atoms with Crippen molar-refractivity contribution in [2.75, 3.05) is 26.2 Å². The summed E-state index contributed by atoms with van der Waals surface area (Å²) in [6.45, 7) is 1.62. The normalized spacial score (nSPS) is 8.15. The number of nitrogens with one attached hydrogen (secondary N) is 4. The fourth-order valence-electron chi connectivity index (χ4n) is 0.177. The van der Waals surface area contributed by atoms with E-state index in [-0.39, 0.29) is 0 Å². The molecule has 0 fully saturated rings. The zero-order valence-electron chi connectivity index (χ0n) is 7.33. The Morgan fingerprint density at radius 1 is 0.692 bits per heavy atom. The van der Waals surface area contributed by atoms with Crippen molar-refractivity contribution in [2.24, 2.45) is 0 Å².